The van der Waals surface area contributed by atoms with E-state index in [1.807, 2.05) is 6.21 Å². The minimum atomic E-state index is -0.981. The van der Waals surface area contributed by atoms with Crippen molar-refractivity contribution in [1.82, 2.24) is 5.32 Å². The summed E-state index contributed by atoms with van der Waals surface area (Å²) in [6, 6.07) is 0.579. The monoisotopic (exact) mass is 454 g/mol. The molecule has 2 N–H and O–H groups in total. The third-order valence-electron chi connectivity index (χ3n) is 11.8. The lowest BCUT2D eigenvalue weighted by atomic mass is 9.46. The van der Waals surface area contributed by atoms with Crippen molar-refractivity contribution in [2.45, 2.75) is 110 Å². The van der Waals surface area contributed by atoms with Gasteiger partial charge in [0.1, 0.15) is 0 Å². The van der Waals surface area contributed by atoms with E-state index in [4.69, 9.17) is 9.73 Å². The van der Waals surface area contributed by atoms with Crippen LogP contribution in [0.25, 0.3) is 0 Å². The number of allylic oxidation sites excluding steroid dienone is 1. The standard InChI is InChI=1S/C29H46N2O2/c1-6-30-20-9-11-27(4)19(13-20)7-8-21-22(27)10-12-28(5)23(21)14-24-25(28)18(3)26-29(32,33-24)15-17(2)16-31-26/h6-7,17-18,20-26,31-32H,8-16H2,1-5H3. The summed E-state index contributed by atoms with van der Waals surface area (Å²) in [4.78, 5) is 4.77. The third-order valence-corrected chi connectivity index (χ3v) is 11.8. The first-order valence-electron chi connectivity index (χ1n) is 14.0. The van der Waals surface area contributed by atoms with Crippen LogP contribution in [-0.2, 0) is 4.74 Å². The predicted octanol–water partition coefficient (Wildman–Crippen LogP) is 5.36. The second kappa shape index (κ2) is 7.64. The van der Waals surface area contributed by atoms with Crippen LogP contribution in [0.1, 0.15) is 86.0 Å². The minimum absolute atomic E-state index is 0.0769. The quantitative estimate of drug-likeness (QED) is 0.414. The van der Waals surface area contributed by atoms with Crippen LogP contribution in [0.3, 0.4) is 0 Å². The number of ether oxygens (including phenoxy) is 1. The Morgan fingerprint density at radius 1 is 1.18 bits per heavy atom. The van der Waals surface area contributed by atoms with Crippen LogP contribution in [-0.4, -0.2) is 41.8 Å². The second-order valence-corrected chi connectivity index (χ2v) is 13.4. The molecule has 2 heterocycles. The number of piperidine rings is 1. The summed E-state index contributed by atoms with van der Waals surface area (Å²) < 4.78 is 6.71. The van der Waals surface area contributed by atoms with Crippen LogP contribution in [0, 0.1) is 46.3 Å². The van der Waals surface area contributed by atoms with Gasteiger partial charge in [-0.15, -0.1) is 0 Å². The van der Waals surface area contributed by atoms with Gasteiger partial charge in [-0.25, -0.2) is 0 Å². The Bertz CT molecular complexity index is 855. The third kappa shape index (κ3) is 3.15. The van der Waals surface area contributed by atoms with E-state index in [1.165, 1.54) is 38.5 Å². The smallest absolute Gasteiger partial charge is 0.181 e. The molecule has 12 atom stereocenters. The zero-order valence-corrected chi connectivity index (χ0v) is 21.5. The van der Waals surface area contributed by atoms with Crippen LogP contribution < -0.4 is 5.32 Å². The van der Waals surface area contributed by atoms with Crippen molar-refractivity contribution in [3.05, 3.63) is 11.6 Å². The number of nitrogens with zero attached hydrogens (tertiary/aromatic N) is 1. The normalized spacial score (nSPS) is 58.0. The van der Waals surface area contributed by atoms with Crippen LogP contribution >= 0.6 is 0 Å². The molecule has 4 nitrogen and oxygen atoms in total. The van der Waals surface area contributed by atoms with Crippen molar-refractivity contribution < 1.29 is 9.84 Å². The molecule has 6 rings (SSSR count). The molecular formula is C29H46N2O2. The topological polar surface area (TPSA) is 53.9 Å². The number of nitrogens with one attached hydrogen (secondary N) is 1. The molecule has 0 spiro atoms. The maximum absolute atomic E-state index is 11.6. The Hall–Kier alpha value is -0.710. The van der Waals surface area contributed by atoms with Gasteiger partial charge in [-0.2, -0.15) is 0 Å². The van der Waals surface area contributed by atoms with Crippen molar-refractivity contribution >= 4 is 6.21 Å². The molecule has 33 heavy (non-hydrogen) atoms. The molecule has 0 aromatic carbocycles. The molecular weight excluding hydrogens is 408 g/mol. The molecule has 12 unspecified atom stereocenters. The van der Waals surface area contributed by atoms with Gasteiger partial charge in [-0.1, -0.05) is 39.3 Å². The first-order valence-corrected chi connectivity index (χ1v) is 14.0. The highest BCUT2D eigenvalue weighted by Crippen LogP contribution is 2.69. The second-order valence-electron chi connectivity index (χ2n) is 13.4. The summed E-state index contributed by atoms with van der Waals surface area (Å²) in [6.07, 6.45) is 14.5. The van der Waals surface area contributed by atoms with Gasteiger partial charge in [0.15, 0.2) is 5.79 Å². The average Bonchev–Trinajstić information content (AvgIpc) is 3.05. The van der Waals surface area contributed by atoms with Crippen LogP contribution in [0.4, 0.5) is 0 Å². The van der Waals surface area contributed by atoms with Gasteiger partial charge in [0.2, 0.25) is 0 Å². The fourth-order valence-electron chi connectivity index (χ4n) is 10.4. The van der Waals surface area contributed by atoms with E-state index in [9.17, 15) is 5.11 Å². The number of aliphatic imine (C=N–C) groups is 1. The van der Waals surface area contributed by atoms with E-state index in [-0.39, 0.29) is 12.1 Å². The van der Waals surface area contributed by atoms with Crippen LogP contribution in [0.2, 0.25) is 0 Å². The summed E-state index contributed by atoms with van der Waals surface area (Å²) in [7, 11) is 0. The summed E-state index contributed by atoms with van der Waals surface area (Å²) >= 11 is 0. The van der Waals surface area contributed by atoms with E-state index in [1.54, 1.807) is 5.57 Å². The van der Waals surface area contributed by atoms with Gasteiger partial charge in [0, 0.05) is 6.42 Å². The lowest BCUT2D eigenvalue weighted by Crippen LogP contribution is -2.68. The molecule has 5 fully saturated rings. The van der Waals surface area contributed by atoms with Crippen LogP contribution in [0.15, 0.2) is 16.6 Å². The van der Waals surface area contributed by atoms with Gasteiger partial charge in [0.05, 0.1) is 18.2 Å². The van der Waals surface area contributed by atoms with Gasteiger partial charge < -0.3 is 15.2 Å². The molecule has 4 aliphatic carbocycles. The van der Waals surface area contributed by atoms with E-state index in [2.05, 4.69) is 46.0 Å². The van der Waals surface area contributed by atoms with Gasteiger partial charge >= 0.3 is 0 Å². The first kappa shape index (κ1) is 22.7. The molecule has 2 saturated heterocycles. The van der Waals surface area contributed by atoms with E-state index >= 15 is 0 Å². The van der Waals surface area contributed by atoms with Crippen LogP contribution in [0.5, 0.6) is 0 Å². The van der Waals surface area contributed by atoms with E-state index < -0.39 is 5.79 Å². The number of hydrogen-bond donors (Lipinski definition) is 2. The maximum Gasteiger partial charge on any atom is 0.181 e. The summed E-state index contributed by atoms with van der Waals surface area (Å²) in [5.74, 6) is 2.80. The molecule has 2 aliphatic heterocycles. The molecule has 0 aromatic heterocycles. The molecule has 6 aliphatic rings. The maximum atomic E-state index is 11.6. The Labute approximate surface area is 201 Å². The average molecular weight is 455 g/mol. The molecule has 184 valence electrons. The highest BCUT2D eigenvalue weighted by Gasteiger charge is 2.67. The van der Waals surface area contributed by atoms with Crippen molar-refractivity contribution in [2.24, 2.45) is 51.3 Å². The van der Waals surface area contributed by atoms with Gasteiger partial charge in [-0.3, -0.25) is 4.99 Å². The molecule has 0 amide bonds. The highest BCUT2D eigenvalue weighted by molar-refractivity contribution is 5.53. The lowest BCUT2D eigenvalue weighted by Gasteiger charge is -2.59. The van der Waals surface area contributed by atoms with Crippen molar-refractivity contribution in [3.63, 3.8) is 0 Å². The Balaban J connectivity index is 1.30. The van der Waals surface area contributed by atoms with Gasteiger partial charge in [0.25, 0.3) is 0 Å². The van der Waals surface area contributed by atoms with Crippen molar-refractivity contribution in [3.8, 4) is 0 Å². The number of hydrogen-bond acceptors (Lipinski definition) is 4. The predicted molar refractivity (Wildman–Crippen MR) is 133 cm³/mol. The summed E-state index contributed by atoms with van der Waals surface area (Å²) in [5, 5.41) is 15.3. The molecule has 3 saturated carbocycles. The first-order chi connectivity index (χ1) is 15.7. The molecule has 0 aromatic rings. The summed E-state index contributed by atoms with van der Waals surface area (Å²) in [5.41, 5.74) is 2.42. The van der Waals surface area contributed by atoms with E-state index in [0.717, 1.165) is 37.1 Å². The number of aliphatic hydroxyl groups is 1. The molecule has 0 bridgehead atoms. The lowest BCUT2D eigenvalue weighted by molar-refractivity contribution is -0.310. The largest absolute Gasteiger partial charge is 0.364 e. The zero-order chi connectivity index (χ0) is 23.2. The number of rotatable bonds is 1. The number of fused-ring (bicyclic) bond motifs is 8. The Morgan fingerprint density at radius 2 is 2.00 bits per heavy atom. The fourth-order valence-corrected chi connectivity index (χ4v) is 10.4. The Morgan fingerprint density at radius 3 is 2.79 bits per heavy atom. The Kier molecular flexibility index (Phi) is 5.27. The van der Waals surface area contributed by atoms with E-state index in [0.29, 0.717) is 34.6 Å². The molecule has 4 heteroatoms. The summed E-state index contributed by atoms with van der Waals surface area (Å²) in [6.45, 7) is 12.9. The zero-order valence-electron chi connectivity index (χ0n) is 21.5. The minimum Gasteiger partial charge on any atom is -0.364 e. The van der Waals surface area contributed by atoms with Gasteiger partial charge in [-0.05, 0) is 111 Å². The van der Waals surface area contributed by atoms with Crippen molar-refractivity contribution in [2.75, 3.05) is 6.54 Å². The fraction of sp³-hybridized carbons (Fsp3) is 0.897. The SMILES string of the molecule is CC=NC1CCC2(C)C(=CCC3C2CCC2(C)C3CC3OC4(O)CC(C)CNC4C(C)C32)C1. The highest BCUT2D eigenvalue weighted by atomic mass is 16.6. The molecule has 0 radical (unpaired) electrons. The van der Waals surface area contributed by atoms with Crippen molar-refractivity contribution in [1.29, 1.82) is 0 Å².